The number of nitrogens with zero attached hydrogens (tertiary/aromatic N) is 3. The molecule has 0 spiro atoms. The van der Waals surface area contributed by atoms with Crippen LogP contribution >= 0.6 is 0 Å². The Morgan fingerprint density at radius 2 is 1.86 bits per heavy atom. The van der Waals surface area contributed by atoms with Crippen molar-refractivity contribution in [3.05, 3.63) is 11.4 Å². The van der Waals surface area contributed by atoms with Crippen molar-refractivity contribution < 1.29 is 8.42 Å². The lowest BCUT2D eigenvalue weighted by molar-refractivity contribution is 0.315. The van der Waals surface area contributed by atoms with E-state index in [1.165, 1.54) is 4.31 Å². The molecule has 0 aromatic carbocycles. The summed E-state index contributed by atoms with van der Waals surface area (Å²) in [4.78, 5) is 0.341. The topological polar surface area (TPSA) is 67.2 Å². The Bertz CT molecular complexity index is 578. The third kappa shape index (κ3) is 3.64. The number of aryl methyl sites for hydroxylation is 1. The van der Waals surface area contributed by atoms with Crippen LogP contribution in [0.15, 0.2) is 4.90 Å². The van der Waals surface area contributed by atoms with Crippen LogP contribution in [0.3, 0.4) is 0 Å². The Morgan fingerprint density at radius 3 is 2.33 bits per heavy atom. The van der Waals surface area contributed by atoms with Crippen molar-refractivity contribution in [3.8, 4) is 0 Å². The molecular weight excluding hydrogens is 288 g/mol. The quantitative estimate of drug-likeness (QED) is 0.825. The molecular formula is C14H28N4O2S. The van der Waals surface area contributed by atoms with Crippen molar-refractivity contribution in [1.82, 2.24) is 19.4 Å². The molecule has 1 N–H and O–H groups in total. The lowest BCUT2D eigenvalue weighted by atomic mass is 10.1. The Balaban J connectivity index is 3.23. The van der Waals surface area contributed by atoms with Crippen molar-refractivity contribution in [1.29, 1.82) is 0 Å². The third-order valence-electron chi connectivity index (χ3n) is 4.06. The predicted octanol–water partition coefficient (Wildman–Crippen LogP) is 1.38. The zero-order valence-electron chi connectivity index (χ0n) is 14.1. The second kappa shape index (κ2) is 6.89. The van der Waals surface area contributed by atoms with Crippen molar-refractivity contribution in [2.75, 3.05) is 20.6 Å². The van der Waals surface area contributed by atoms with Crippen LogP contribution in [0.25, 0.3) is 0 Å². The normalized spacial score (nSPS) is 14.1. The van der Waals surface area contributed by atoms with E-state index < -0.39 is 10.0 Å². The molecule has 0 amide bonds. The average molecular weight is 316 g/mol. The Labute approximate surface area is 128 Å². The summed E-state index contributed by atoms with van der Waals surface area (Å²) < 4.78 is 28.9. The largest absolute Gasteiger partial charge is 0.318 e. The first kappa shape index (κ1) is 18.1. The minimum absolute atomic E-state index is 0.0607. The number of hydrogen-bond donors (Lipinski definition) is 1. The summed E-state index contributed by atoms with van der Waals surface area (Å²) in [5, 5.41) is 7.42. The number of nitrogens with one attached hydrogen (secondary N) is 1. The molecule has 0 aliphatic heterocycles. The summed E-state index contributed by atoms with van der Waals surface area (Å²) in [6.07, 6.45) is 0. The molecule has 6 nitrogen and oxygen atoms in total. The molecule has 0 saturated heterocycles. The van der Waals surface area contributed by atoms with E-state index in [1.54, 1.807) is 18.7 Å². The molecule has 1 heterocycles. The average Bonchev–Trinajstić information content (AvgIpc) is 2.69. The lowest BCUT2D eigenvalue weighted by Crippen LogP contribution is -2.38. The lowest BCUT2D eigenvalue weighted by Gasteiger charge is -2.27. The van der Waals surface area contributed by atoms with E-state index in [2.05, 4.69) is 10.4 Å². The molecule has 0 aliphatic carbocycles. The van der Waals surface area contributed by atoms with Crippen LogP contribution in [0.5, 0.6) is 0 Å². The maximum absolute atomic E-state index is 12.9. The standard InChI is InChI=1S/C14H28N4O2S/c1-10(2)12(4)17(7)21(19,20)14-11(3)16-18(13(14)5)9-8-15-6/h10,12,15H,8-9H2,1-7H3. The van der Waals surface area contributed by atoms with Gasteiger partial charge in [-0.3, -0.25) is 4.68 Å². The van der Waals surface area contributed by atoms with Gasteiger partial charge in [0.15, 0.2) is 0 Å². The second-order valence-corrected chi connectivity index (χ2v) is 7.77. The maximum atomic E-state index is 12.9. The van der Waals surface area contributed by atoms with Gasteiger partial charge in [-0.05, 0) is 33.7 Å². The van der Waals surface area contributed by atoms with E-state index in [0.717, 1.165) is 6.54 Å². The SMILES string of the molecule is CNCCn1nc(C)c(S(=O)(=O)N(C)C(C)C(C)C)c1C. The van der Waals surface area contributed by atoms with Crippen LogP contribution in [-0.2, 0) is 16.6 Å². The second-order valence-electron chi connectivity index (χ2n) is 5.83. The molecule has 1 aromatic rings. The van der Waals surface area contributed by atoms with Crippen LogP contribution in [0.2, 0.25) is 0 Å². The third-order valence-corrected chi connectivity index (χ3v) is 6.26. The predicted molar refractivity (Wildman–Crippen MR) is 84.9 cm³/mol. The van der Waals surface area contributed by atoms with Crippen molar-refractivity contribution >= 4 is 10.0 Å². The van der Waals surface area contributed by atoms with E-state index in [0.29, 0.717) is 22.8 Å². The first-order valence-corrected chi connectivity index (χ1v) is 8.75. The van der Waals surface area contributed by atoms with Crippen LogP contribution < -0.4 is 5.32 Å². The molecule has 0 aliphatic rings. The number of hydrogen-bond acceptors (Lipinski definition) is 4. The van der Waals surface area contributed by atoms with Gasteiger partial charge < -0.3 is 5.32 Å². The monoisotopic (exact) mass is 316 g/mol. The van der Waals surface area contributed by atoms with E-state index >= 15 is 0 Å². The molecule has 1 aromatic heterocycles. The van der Waals surface area contributed by atoms with Crippen LogP contribution in [0.1, 0.15) is 32.2 Å². The molecule has 7 heteroatoms. The Morgan fingerprint density at radius 1 is 1.29 bits per heavy atom. The first-order chi connectivity index (χ1) is 9.64. The molecule has 0 radical (unpaired) electrons. The maximum Gasteiger partial charge on any atom is 0.246 e. The van der Waals surface area contributed by atoms with Crippen LogP contribution in [0.4, 0.5) is 0 Å². The molecule has 0 bridgehead atoms. The van der Waals surface area contributed by atoms with E-state index in [4.69, 9.17) is 0 Å². The fourth-order valence-corrected chi connectivity index (χ4v) is 4.13. The minimum Gasteiger partial charge on any atom is -0.318 e. The molecule has 0 saturated carbocycles. The highest BCUT2D eigenvalue weighted by Crippen LogP contribution is 2.25. The van der Waals surface area contributed by atoms with E-state index in [9.17, 15) is 8.42 Å². The highest BCUT2D eigenvalue weighted by atomic mass is 32.2. The molecule has 0 fully saturated rings. The van der Waals surface area contributed by atoms with Gasteiger partial charge in [0.25, 0.3) is 0 Å². The van der Waals surface area contributed by atoms with Gasteiger partial charge in [-0.2, -0.15) is 9.40 Å². The van der Waals surface area contributed by atoms with Gasteiger partial charge >= 0.3 is 0 Å². The Hall–Kier alpha value is -0.920. The van der Waals surface area contributed by atoms with Gasteiger partial charge in [-0.15, -0.1) is 0 Å². The fraction of sp³-hybridized carbons (Fsp3) is 0.786. The summed E-state index contributed by atoms with van der Waals surface area (Å²) in [5.41, 5.74) is 1.26. The van der Waals surface area contributed by atoms with Gasteiger partial charge in [0.1, 0.15) is 4.90 Å². The van der Waals surface area contributed by atoms with E-state index in [-0.39, 0.29) is 12.0 Å². The molecule has 1 rings (SSSR count). The summed E-state index contributed by atoms with van der Waals surface area (Å²) in [6.45, 7) is 10.9. The van der Waals surface area contributed by atoms with Crippen molar-refractivity contribution in [2.45, 2.75) is 52.1 Å². The fourth-order valence-electron chi connectivity index (χ4n) is 2.27. The summed E-state index contributed by atoms with van der Waals surface area (Å²) >= 11 is 0. The number of likely N-dealkylation sites (N-methyl/N-ethyl adjacent to an activating group) is 1. The number of sulfonamides is 1. The molecule has 1 unspecified atom stereocenters. The zero-order valence-corrected chi connectivity index (χ0v) is 15.0. The smallest absolute Gasteiger partial charge is 0.246 e. The van der Waals surface area contributed by atoms with E-state index in [1.807, 2.05) is 34.7 Å². The molecule has 122 valence electrons. The number of rotatable bonds is 7. The first-order valence-electron chi connectivity index (χ1n) is 7.31. The minimum atomic E-state index is -3.52. The molecule has 1 atom stereocenters. The van der Waals surface area contributed by atoms with Gasteiger partial charge in [-0.1, -0.05) is 13.8 Å². The van der Waals surface area contributed by atoms with Gasteiger partial charge in [0.05, 0.1) is 17.9 Å². The van der Waals surface area contributed by atoms with Gasteiger partial charge in [-0.25, -0.2) is 8.42 Å². The highest BCUT2D eigenvalue weighted by molar-refractivity contribution is 7.89. The number of aromatic nitrogens is 2. The highest BCUT2D eigenvalue weighted by Gasteiger charge is 2.32. The Kier molecular flexibility index (Phi) is 5.95. The van der Waals surface area contributed by atoms with Crippen LogP contribution in [0, 0.1) is 19.8 Å². The molecule has 21 heavy (non-hydrogen) atoms. The van der Waals surface area contributed by atoms with Crippen LogP contribution in [-0.4, -0.2) is 49.2 Å². The zero-order chi connectivity index (χ0) is 16.4. The summed E-state index contributed by atoms with van der Waals surface area (Å²) in [5.74, 6) is 0.254. The van der Waals surface area contributed by atoms with Gasteiger partial charge in [0.2, 0.25) is 10.0 Å². The summed E-state index contributed by atoms with van der Waals surface area (Å²) in [6, 6.07) is -0.0607. The van der Waals surface area contributed by atoms with Crippen molar-refractivity contribution in [3.63, 3.8) is 0 Å². The van der Waals surface area contributed by atoms with Gasteiger partial charge in [0, 0.05) is 19.6 Å². The van der Waals surface area contributed by atoms with Crippen molar-refractivity contribution in [2.24, 2.45) is 5.92 Å². The summed E-state index contributed by atoms with van der Waals surface area (Å²) in [7, 11) is -0.0140.